The molecule has 0 saturated heterocycles. The number of fused-ring (bicyclic) bond motifs is 1. The fourth-order valence-corrected chi connectivity index (χ4v) is 11.3. The molecule has 1 heterocycles. The molecule has 0 amide bonds. The van der Waals surface area contributed by atoms with Crippen molar-refractivity contribution in [2.24, 2.45) is 0 Å². The van der Waals surface area contributed by atoms with Crippen LogP contribution in [0.1, 0.15) is 0 Å². The molecule has 0 aliphatic carbocycles. The van der Waals surface area contributed by atoms with Gasteiger partial charge in [-0.3, -0.25) is 0 Å². The molecule has 0 aliphatic heterocycles. The molecule has 4 aromatic carbocycles. The first kappa shape index (κ1) is 17.2. The average molecular weight is 393 g/mol. The van der Waals surface area contributed by atoms with E-state index in [2.05, 4.69) is 121 Å². The van der Waals surface area contributed by atoms with E-state index in [0.29, 0.717) is 0 Å². The lowest BCUT2D eigenvalue weighted by Gasteiger charge is -2.32. The molecule has 0 N–H and O–H groups in total. The summed E-state index contributed by atoms with van der Waals surface area (Å²) >= 11 is 1.95. The van der Waals surface area contributed by atoms with E-state index < -0.39 is 8.07 Å². The van der Waals surface area contributed by atoms with E-state index in [1.165, 1.54) is 30.1 Å². The molecule has 0 radical (unpaired) electrons. The maximum absolute atomic E-state index is 2.43. The highest BCUT2D eigenvalue weighted by Gasteiger charge is 2.42. The van der Waals surface area contributed by atoms with Crippen LogP contribution >= 0.6 is 11.3 Å². The SMILES string of the molecule is c1ccc([Si](c2ccccc2)(c2ccccc2)c2cc3ccccc3s2)cc1. The van der Waals surface area contributed by atoms with Gasteiger partial charge in [0.05, 0.1) is 0 Å². The van der Waals surface area contributed by atoms with Crippen LogP contribution in [0.25, 0.3) is 10.1 Å². The van der Waals surface area contributed by atoms with Gasteiger partial charge < -0.3 is 0 Å². The summed E-state index contributed by atoms with van der Waals surface area (Å²) in [6.07, 6.45) is 0. The van der Waals surface area contributed by atoms with Gasteiger partial charge in [0, 0.05) is 9.20 Å². The summed E-state index contributed by atoms with van der Waals surface area (Å²) in [4.78, 5) is 0. The first-order valence-electron chi connectivity index (χ1n) is 9.54. The minimum absolute atomic E-state index is 1.34. The lowest BCUT2D eigenvalue weighted by atomic mass is 10.3. The molecule has 2 heteroatoms. The van der Waals surface area contributed by atoms with Crippen molar-refractivity contribution in [2.75, 3.05) is 0 Å². The number of hydrogen-bond acceptors (Lipinski definition) is 1. The van der Waals surface area contributed by atoms with E-state index in [1.54, 1.807) is 0 Å². The topological polar surface area (TPSA) is 0 Å². The van der Waals surface area contributed by atoms with Gasteiger partial charge in [0.25, 0.3) is 0 Å². The summed E-state index contributed by atoms with van der Waals surface area (Å²) in [6.45, 7) is 0. The Bertz CT molecular complexity index is 1060. The third kappa shape index (κ3) is 2.73. The largest absolute Gasteiger partial charge is 0.191 e. The van der Waals surface area contributed by atoms with E-state index in [0.717, 1.165) is 0 Å². The monoisotopic (exact) mass is 392 g/mol. The predicted octanol–water partition coefficient (Wildman–Crippen LogP) is 4.28. The fraction of sp³-hybridized carbons (Fsp3) is 0. The maximum Gasteiger partial charge on any atom is 0.191 e. The Morgan fingerprint density at radius 3 is 1.36 bits per heavy atom. The lowest BCUT2D eigenvalue weighted by molar-refractivity contribution is 1.69. The Morgan fingerprint density at radius 2 is 0.893 bits per heavy atom. The number of benzene rings is 4. The minimum atomic E-state index is -2.36. The van der Waals surface area contributed by atoms with Crippen LogP contribution < -0.4 is 20.1 Å². The Hall–Kier alpha value is -2.94. The molecule has 0 unspecified atom stereocenters. The quantitative estimate of drug-likeness (QED) is 0.316. The molecule has 0 atom stereocenters. The van der Waals surface area contributed by atoms with Crippen molar-refractivity contribution in [3.8, 4) is 0 Å². The van der Waals surface area contributed by atoms with Gasteiger partial charge in [-0.1, -0.05) is 109 Å². The van der Waals surface area contributed by atoms with Crippen molar-refractivity contribution in [1.82, 2.24) is 0 Å². The van der Waals surface area contributed by atoms with Crippen molar-refractivity contribution < 1.29 is 0 Å². The summed E-state index contributed by atoms with van der Waals surface area (Å²) in [7, 11) is -2.36. The number of hydrogen-bond donors (Lipinski definition) is 0. The van der Waals surface area contributed by atoms with Gasteiger partial charge in [0.15, 0.2) is 8.07 Å². The molecule has 5 aromatic rings. The zero-order chi connectivity index (χ0) is 18.8. The van der Waals surface area contributed by atoms with Gasteiger partial charge in [-0.15, -0.1) is 11.3 Å². The normalized spacial score (nSPS) is 11.6. The zero-order valence-corrected chi connectivity index (χ0v) is 17.3. The second-order valence-corrected chi connectivity index (χ2v) is 12.2. The van der Waals surface area contributed by atoms with Crippen LogP contribution in [0.3, 0.4) is 0 Å². The molecule has 28 heavy (non-hydrogen) atoms. The smallest absolute Gasteiger partial charge is 0.144 e. The van der Waals surface area contributed by atoms with Crippen LogP contribution in [-0.2, 0) is 0 Å². The molecule has 0 fully saturated rings. The molecule has 5 rings (SSSR count). The molecule has 1 aromatic heterocycles. The zero-order valence-electron chi connectivity index (χ0n) is 15.5. The van der Waals surface area contributed by atoms with Crippen molar-refractivity contribution >= 4 is 49.6 Å². The third-order valence-electron chi connectivity index (χ3n) is 5.42. The Balaban J connectivity index is 1.92. The maximum atomic E-state index is 2.43. The second kappa shape index (κ2) is 7.23. The summed E-state index contributed by atoms with van der Waals surface area (Å²) < 4.78 is 2.84. The molecule has 0 saturated carbocycles. The highest BCUT2D eigenvalue weighted by Crippen LogP contribution is 2.22. The van der Waals surface area contributed by atoms with Crippen LogP contribution in [-0.4, -0.2) is 8.07 Å². The molecule has 0 spiro atoms. The third-order valence-corrected chi connectivity index (χ3v) is 12.1. The van der Waals surface area contributed by atoms with Crippen molar-refractivity contribution in [1.29, 1.82) is 0 Å². The van der Waals surface area contributed by atoms with Crippen molar-refractivity contribution in [3.63, 3.8) is 0 Å². The van der Waals surface area contributed by atoms with Gasteiger partial charge in [0.2, 0.25) is 0 Å². The number of rotatable bonds is 4. The average Bonchev–Trinajstić information content (AvgIpc) is 3.21. The highest BCUT2D eigenvalue weighted by atomic mass is 32.1. The van der Waals surface area contributed by atoms with E-state index in [4.69, 9.17) is 0 Å². The standard InChI is InChI=1S/C26H20SSi/c1-4-13-22(14-5-1)28(23-15-6-2-7-16-23,24-17-8-3-9-18-24)26-20-21-12-10-11-19-25(21)27-26/h1-20H. The van der Waals surface area contributed by atoms with Crippen LogP contribution in [0, 0.1) is 0 Å². The fourth-order valence-electron chi connectivity index (χ4n) is 4.16. The van der Waals surface area contributed by atoms with Crippen molar-refractivity contribution in [2.45, 2.75) is 0 Å². The lowest BCUT2D eigenvalue weighted by Crippen LogP contribution is -2.74. The van der Waals surface area contributed by atoms with E-state index in [9.17, 15) is 0 Å². The Kier molecular flexibility index (Phi) is 4.44. The summed E-state index contributed by atoms with van der Waals surface area (Å²) in [5.41, 5.74) is 0. The van der Waals surface area contributed by atoms with Crippen molar-refractivity contribution in [3.05, 3.63) is 121 Å². The summed E-state index contributed by atoms with van der Waals surface area (Å²) in [5, 5.41) is 5.62. The molecule has 0 nitrogen and oxygen atoms in total. The van der Waals surface area contributed by atoms with Gasteiger partial charge in [-0.05, 0) is 33.1 Å². The first-order valence-corrected chi connectivity index (χ1v) is 12.4. The van der Waals surface area contributed by atoms with Crippen LogP contribution in [0.2, 0.25) is 0 Å². The van der Waals surface area contributed by atoms with Gasteiger partial charge in [0.1, 0.15) is 0 Å². The van der Waals surface area contributed by atoms with E-state index >= 15 is 0 Å². The molecular weight excluding hydrogens is 372 g/mol. The van der Waals surface area contributed by atoms with Gasteiger partial charge >= 0.3 is 0 Å². The highest BCUT2D eigenvalue weighted by molar-refractivity contribution is 7.39. The Labute approximate surface area is 170 Å². The summed E-state index contributed by atoms with van der Waals surface area (Å²) in [6, 6.07) is 44.5. The van der Waals surface area contributed by atoms with E-state index in [-0.39, 0.29) is 0 Å². The van der Waals surface area contributed by atoms with Crippen LogP contribution in [0.5, 0.6) is 0 Å². The van der Waals surface area contributed by atoms with Gasteiger partial charge in [-0.25, -0.2) is 0 Å². The Morgan fingerprint density at radius 1 is 0.464 bits per heavy atom. The molecule has 134 valence electrons. The van der Waals surface area contributed by atoms with Crippen LogP contribution in [0.15, 0.2) is 121 Å². The first-order chi connectivity index (χ1) is 13.9. The second-order valence-electron chi connectivity index (χ2n) is 7.00. The van der Waals surface area contributed by atoms with Crippen LogP contribution in [0.4, 0.5) is 0 Å². The van der Waals surface area contributed by atoms with E-state index in [1.807, 2.05) is 11.3 Å². The molecule has 0 aliphatic rings. The molecular formula is C26H20SSi. The molecule has 0 bridgehead atoms. The number of thiophene rings is 1. The minimum Gasteiger partial charge on any atom is -0.144 e. The summed E-state index contributed by atoms with van der Waals surface area (Å²) in [5.74, 6) is 0. The predicted molar refractivity (Wildman–Crippen MR) is 125 cm³/mol. The van der Waals surface area contributed by atoms with Gasteiger partial charge in [-0.2, -0.15) is 0 Å².